The largest absolute Gasteiger partial charge is 0.463 e. The molecule has 2 unspecified atom stereocenters. The number of epoxide rings is 1. The Balaban J connectivity index is 2.15. The van der Waals surface area contributed by atoms with Crippen molar-refractivity contribution in [1.82, 2.24) is 0 Å². The van der Waals surface area contributed by atoms with Gasteiger partial charge in [0.15, 0.2) is 0 Å². The minimum Gasteiger partial charge on any atom is -0.463 e. The smallest absolute Gasteiger partial charge is 0.302 e. The molecule has 1 saturated heterocycles. The van der Waals surface area contributed by atoms with Crippen molar-refractivity contribution in [1.29, 1.82) is 0 Å². The zero-order chi connectivity index (χ0) is 11.3. The lowest BCUT2D eigenvalue weighted by Crippen LogP contribution is -2.46. The van der Waals surface area contributed by atoms with E-state index in [0.29, 0.717) is 6.61 Å². The predicted molar refractivity (Wildman–Crippen MR) is 56.5 cm³/mol. The molecule has 0 spiro atoms. The average molecular weight is 212 g/mol. The first-order valence-corrected chi connectivity index (χ1v) is 5.67. The van der Waals surface area contributed by atoms with E-state index in [1.807, 2.05) is 0 Å². The number of hydrogen-bond donors (Lipinski definition) is 0. The van der Waals surface area contributed by atoms with Crippen molar-refractivity contribution in [3.63, 3.8) is 0 Å². The molecular weight excluding hydrogens is 192 g/mol. The molecule has 0 aromatic rings. The van der Waals surface area contributed by atoms with Crippen molar-refractivity contribution < 1.29 is 14.3 Å². The van der Waals surface area contributed by atoms with E-state index in [1.54, 1.807) is 0 Å². The van der Waals surface area contributed by atoms with Crippen LogP contribution in [0.2, 0.25) is 0 Å². The second-order valence-electron chi connectivity index (χ2n) is 5.68. The maximum atomic E-state index is 10.9. The average Bonchev–Trinajstić information content (AvgIpc) is 2.70. The van der Waals surface area contributed by atoms with Crippen LogP contribution < -0.4 is 0 Å². The number of rotatable bonds is 2. The topological polar surface area (TPSA) is 38.8 Å². The molecule has 2 aliphatic rings. The molecule has 1 aliphatic carbocycles. The Labute approximate surface area is 91.1 Å². The first kappa shape index (κ1) is 10.9. The van der Waals surface area contributed by atoms with Crippen molar-refractivity contribution in [3.8, 4) is 0 Å². The zero-order valence-electron chi connectivity index (χ0n) is 10.1. The summed E-state index contributed by atoms with van der Waals surface area (Å²) < 4.78 is 11.1. The number of carbonyl (C=O) groups excluding carboxylic acids is 1. The molecule has 1 heterocycles. The van der Waals surface area contributed by atoms with Gasteiger partial charge in [-0.2, -0.15) is 0 Å². The summed E-state index contributed by atoms with van der Waals surface area (Å²) in [7, 11) is 0. The molecule has 3 nitrogen and oxygen atoms in total. The summed E-state index contributed by atoms with van der Waals surface area (Å²) >= 11 is 0. The number of ether oxygens (including phenoxy) is 2. The molecule has 2 atom stereocenters. The van der Waals surface area contributed by atoms with Crippen molar-refractivity contribution in [3.05, 3.63) is 0 Å². The summed E-state index contributed by atoms with van der Waals surface area (Å²) in [6.07, 6.45) is 3.42. The lowest BCUT2D eigenvalue weighted by Gasteiger charge is -2.37. The van der Waals surface area contributed by atoms with Crippen LogP contribution in [-0.4, -0.2) is 23.8 Å². The number of esters is 1. The molecular formula is C12H20O3. The van der Waals surface area contributed by atoms with E-state index in [4.69, 9.17) is 9.47 Å². The van der Waals surface area contributed by atoms with Gasteiger partial charge >= 0.3 is 5.97 Å². The van der Waals surface area contributed by atoms with E-state index in [9.17, 15) is 4.79 Å². The fraction of sp³-hybridized carbons (Fsp3) is 0.917. The van der Waals surface area contributed by atoms with Gasteiger partial charge < -0.3 is 9.47 Å². The van der Waals surface area contributed by atoms with E-state index in [0.717, 1.165) is 12.8 Å². The Morgan fingerprint density at radius 2 is 2.00 bits per heavy atom. The summed E-state index contributed by atoms with van der Waals surface area (Å²) in [5, 5.41) is 0. The molecule has 1 aliphatic heterocycles. The second kappa shape index (κ2) is 2.97. The van der Waals surface area contributed by atoms with Crippen LogP contribution in [0.1, 0.15) is 47.0 Å². The minimum absolute atomic E-state index is 0.0653. The summed E-state index contributed by atoms with van der Waals surface area (Å²) in [6.45, 7) is 8.41. The van der Waals surface area contributed by atoms with Gasteiger partial charge in [-0.25, -0.2) is 0 Å². The molecule has 1 saturated carbocycles. The third-order valence-electron chi connectivity index (χ3n) is 4.24. The number of hydrogen-bond acceptors (Lipinski definition) is 3. The third-order valence-corrected chi connectivity index (χ3v) is 4.24. The van der Waals surface area contributed by atoms with Crippen LogP contribution in [0.3, 0.4) is 0 Å². The van der Waals surface area contributed by atoms with Crippen LogP contribution in [0.5, 0.6) is 0 Å². The normalized spacial score (nSPS) is 41.9. The van der Waals surface area contributed by atoms with Crippen LogP contribution >= 0.6 is 0 Å². The molecule has 0 N–H and O–H groups in total. The minimum atomic E-state index is -0.232. The van der Waals surface area contributed by atoms with Gasteiger partial charge in [-0.1, -0.05) is 13.8 Å². The van der Waals surface area contributed by atoms with Gasteiger partial charge in [-0.15, -0.1) is 0 Å². The molecule has 2 rings (SSSR count). The van der Waals surface area contributed by atoms with Crippen molar-refractivity contribution in [2.45, 2.75) is 58.2 Å². The molecule has 2 fully saturated rings. The van der Waals surface area contributed by atoms with Crippen molar-refractivity contribution in [2.75, 3.05) is 6.61 Å². The molecule has 0 amide bonds. The summed E-state index contributed by atoms with van der Waals surface area (Å²) in [6, 6.07) is 0. The highest BCUT2D eigenvalue weighted by Crippen LogP contribution is 2.65. The third kappa shape index (κ3) is 1.40. The second-order valence-corrected chi connectivity index (χ2v) is 5.68. The van der Waals surface area contributed by atoms with E-state index in [1.165, 1.54) is 13.3 Å². The van der Waals surface area contributed by atoms with Gasteiger partial charge in [0.25, 0.3) is 0 Å². The SMILES string of the molecule is CC(=O)OCC12OC1(C)CCCC2(C)C. The first-order chi connectivity index (χ1) is 6.83. The highest BCUT2D eigenvalue weighted by atomic mass is 16.7. The van der Waals surface area contributed by atoms with Gasteiger partial charge in [0.2, 0.25) is 0 Å². The fourth-order valence-electron chi connectivity index (χ4n) is 3.12. The van der Waals surface area contributed by atoms with Crippen molar-refractivity contribution in [2.24, 2.45) is 5.41 Å². The van der Waals surface area contributed by atoms with Crippen LogP contribution in [0.25, 0.3) is 0 Å². The predicted octanol–water partition coefficient (Wildman–Crippen LogP) is 2.29. The maximum absolute atomic E-state index is 10.9. The van der Waals surface area contributed by atoms with Gasteiger partial charge in [0.05, 0.1) is 5.60 Å². The lowest BCUT2D eigenvalue weighted by molar-refractivity contribution is -0.144. The van der Waals surface area contributed by atoms with E-state index >= 15 is 0 Å². The van der Waals surface area contributed by atoms with Crippen LogP contribution in [0, 0.1) is 5.41 Å². The van der Waals surface area contributed by atoms with E-state index in [-0.39, 0.29) is 22.6 Å². The molecule has 0 aromatic heterocycles. The van der Waals surface area contributed by atoms with Crippen LogP contribution in [0.15, 0.2) is 0 Å². The molecule has 0 radical (unpaired) electrons. The fourth-order valence-corrected chi connectivity index (χ4v) is 3.12. The molecule has 86 valence electrons. The Hall–Kier alpha value is -0.570. The van der Waals surface area contributed by atoms with Gasteiger partial charge in [0, 0.05) is 12.3 Å². The van der Waals surface area contributed by atoms with Gasteiger partial charge in [-0.05, 0) is 26.2 Å². The monoisotopic (exact) mass is 212 g/mol. The summed E-state index contributed by atoms with van der Waals surface area (Å²) in [5.74, 6) is -0.219. The maximum Gasteiger partial charge on any atom is 0.302 e. The zero-order valence-corrected chi connectivity index (χ0v) is 10.1. The first-order valence-electron chi connectivity index (χ1n) is 5.67. The van der Waals surface area contributed by atoms with Gasteiger partial charge in [-0.3, -0.25) is 4.79 Å². The summed E-state index contributed by atoms with van der Waals surface area (Å²) in [5.41, 5.74) is -0.191. The number of carbonyl (C=O) groups is 1. The van der Waals surface area contributed by atoms with Gasteiger partial charge in [0.1, 0.15) is 12.2 Å². The molecule has 0 bridgehead atoms. The van der Waals surface area contributed by atoms with Crippen LogP contribution in [0.4, 0.5) is 0 Å². The molecule has 0 aromatic carbocycles. The van der Waals surface area contributed by atoms with E-state index in [2.05, 4.69) is 20.8 Å². The highest BCUT2D eigenvalue weighted by molar-refractivity contribution is 5.66. The van der Waals surface area contributed by atoms with Crippen LogP contribution in [-0.2, 0) is 14.3 Å². The van der Waals surface area contributed by atoms with Crippen molar-refractivity contribution >= 4 is 5.97 Å². The summed E-state index contributed by atoms with van der Waals surface area (Å²) in [4.78, 5) is 10.9. The Bertz CT molecular complexity index is 297. The Morgan fingerprint density at radius 1 is 1.33 bits per heavy atom. The molecule has 3 heteroatoms. The Morgan fingerprint density at radius 3 is 2.53 bits per heavy atom. The number of fused-ring (bicyclic) bond motifs is 1. The lowest BCUT2D eigenvalue weighted by atomic mass is 9.64. The standard InChI is InChI=1S/C12H20O3/c1-9(13)14-8-12-10(2,3)6-5-7-11(12,4)15-12/h5-8H2,1-4H3. The Kier molecular flexibility index (Phi) is 2.16. The molecule has 15 heavy (non-hydrogen) atoms. The van der Waals surface area contributed by atoms with E-state index < -0.39 is 0 Å². The highest BCUT2D eigenvalue weighted by Gasteiger charge is 2.75. The quantitative estimate of drug-likeness (QED) is 0.520.